The van der Waals surface area contributed by atoms with E-state index in [1.165, 1.54) is 66.1 Å². The minimum atomic E-state index is 1.17. The highest BCUT2D eigenvalue weighted by molar-refractivity contribution is 6.15. The molecular weight excluding hydrogens is 460 g/mol. The van der Waals surface area contributed by atoms with Crippen LogP contribution in [0.2, 0.25) is 0 Å². The van der Waals surface area contributed by atoms with Crippen LogP contribution in [0.5, 0.6) is 0 Å². The topological polar surface area (TPSA) is 9.86 Å². The summed E-state index contributed by atoms with van der Waals surface area (Å²) in [6, 6.07) is 52.4. The second kappa shape index (κ2) is 8.22. The van der Waals surface area contributed by atoms with Crippen molar-refractivity contribution in [2.24, 2.45) is 0 Å². The van der Waals surface area contributed by atoms with Crippen molar-refractivity contribution in [2.75, 3.05) is 0 Å². The SMILES string of the molecule is c1ccc(-c2cccc3c4ccccc4n(-c4ccc5c(c4)c4ccccc4n5-c4ccccc4)c23)cc1. The lowest BCUT2D eigenvalue weighted by atomic mass is 10.0. The molecule has 0 saturated carbocycles. The van der Waals surface area contributed by atoms with E-state index >= 15 is 0 Å². The van der Waals surface area contributed by atoms with Crippen molar-refractivity contribution < 1.29 is 0 Å². The fourth-order valence-electron chi connectivity index (χ4n) is 6.09. The molecule has 2 heteroatoms. The van der Waals surface area contributed by atoms with Crippen LogP contribution in [0.1, 0.15) is 0 Å². The minimum absolute atomic E-state index is 1.17. The number of para-hydroxylation sites is 4. The molecule has 8 rings (SSSR count). The van der Waals surface area contributed by atoms with Gasteiger partial charge in [0.05, 0.1) is 22.1 Å². The van der Waals surface area contributed by atoms with Gasteiger partial charge in [0.1, 0.15) is 0 Å². The van der Waals surface area contributed by atoms with Crippen LogP contribution in [0.3, 0.4) is 0 Å². The van der Waals surface area contributed by atoms with Crippen molar-refractivity contribution in [3.05, 3.63) is 146 Å². The van der Waals surface area contributed by atoms with Crippen molar-refractivity contribution in [1.29, 1.82) is 0 Å². The van der Waals surface area contributed by atoms with Crippen LogP contribution in [-0.4, -0.2) is 9.13 Å². The van der Waals surface area contributed by atoms with Gasteiger partial charge in [-0.2, -0.15) is 0 Å². The van der Waals surface area contributed by atoms with Gasteiger partial charge in [0.15, 0.2) is 0 Å². The van der Waals surface area contributed by atoms with E-state index in [-0.39, 0.29) is 0 Å². The molecule has 0 atom stereocenters. The summed E-state index contributed by atoms with van der Waals surface area (Å²) in [5, 5.41) is 5.06. The van der Waals surface area contributed by atoms with E-state index < -0.39 is 0 Å². The zero-order valence-corrected chi connectivity index (χ0v) is 20.8. The fraction of sp³-hybridized carbons (Fsp3) is 0. The molecule has 0 radical (unpaired) electrons. The molecule has 0 saturated heterocycles. The average molecular weight is 485 g/mol. The van der Waals surface area contributed by atoms with E-state index in [1.807, 2.05) is 0 Å². The second-order valence-corrected chi connectivity index (χ2v) is 9.81. The van der Waals surface area contributed by atoms with E-state index in [0.29, 0.717) is 0 Å². The molecule has 2 nitrogen and oxygen atoms in total. The molecule has 178 valence electrons. The molecule has 2 heterocycles. The van der Waals surface area contributed by atoms with Crippen LogP contribution in [0.4, 0.5) is 0 Å². The third-order valence-electron chi connectivity index (χ3n) is 7.71. The standard InChI is InChI=1S/C36H24N2/c1-3-12-25(13-4-1)28-18-11-19-31-29-16-7-10-21-34(29)38(36(28)31)27-22-23-35-32(24-27)30-17-8-9-20-33(30)37(35)26-14-5-2-6-15-26/h1-24H. The van der Waals surface area contributed by atoms with Crippen LogP contribution in [0.15, 0.2) is 146 Å². The molecule has 0 aliphatic carbocycles. The highest BCUT2D eigenvalue weighted by Gasteiger charge is 2.18. The number of benzene rings is 6. The normalized spacial score (nSPS) is 11.7. The van der Waals surface area contributed by atoms with Gasteiger partial charge in [-0.15, -0.1) is 0 Å². The van der Waals surface area contributed by atoms with Gasteiger partial charge < -0.3 is 9.13 Å². The molecule has 6 aromatic carbocycles. The van der Waals surface area contributed by atoms with Crippen LogP contribution < -0.4 is 0 Å². The minimum Gasteiger partial charge on any atom is -0.309 e. The Morgan fingerprint density at radius 2 is 0.921 bits per heavy atom. The van der Waals surface area contributed by atoms with Gasteiger partial charge in [-0.05, 0) is 48.0 Å². The van der Waals surface area contributed by atoms with Crippen molar-refractivity contribution >= 4 is 43.6 Å². The Bertz CT molecular complexity index is 2110. The number of nitrogens with zero attached hydrogens (tertiary/aromatic N) is 2. The van der Waals surface area contributed by atoms with Crippen molar-refractivity contribution in [3.63, 3.8) is 0 Å². The Labute approximate surface area is 220 Å². The van der Waals surface area contributed by atoms with E-state index in [4.69, 9.17) is 0 Å². The predicted octanol–water partition coefficient (Wildman–Crippen LogP) is 9.55. The maximum absolute atomic E-state index is 2.45. The predicted molar refractivity (Wildman–Crippen MR) is 161 cm³/mol. The molecule has 0 aliphatic rings. The fourth-order valence-corrected chi connectivity index (χ4v) is 6.09. The molecule has 8 aromatic rings. The number of aromatic nitrogens is 2. The molecule has 0 aliphatic heterocycles. The quantitative estimate of drug-likeness (QED) is 0.236. The largest absolute Gasteiger partial charge is 0.309 e. The summed E-state index contributed by atoms with van der Waals surface area (Å²) in [6.07, 6.45) is 0. The van der Waals surface area contributed by atoms with Crippen LogP contribution in [0.25, 0.3) is 66.1 Å². The lowest BCUT2D eigenvalue weighted by Gasteiger charge is -2.13. The summed E-state index contributed by atoms with van der Waals surface area (Å²) in [5.74, 6) is 0. The third kappa shape index (κ3) is 3.01. The molecule has 0 bridgehead atoms. The highest BCUT2D eigenvalue weighted by atomic mass is 15.0. The molecule has 0 unspecified atom stereocenters. The smallest absolute Gasteiger partial charge is 0.0619 e. The van der Waals surface area contributed by atoms with Gasteiger partial charge in [0.2, 0.25) is 0 Å². The summed E-state index contributed by atoms with van der Waals surface area (Å²) >= 11 is 0. The van der Waals surface area contributed by atoms with E-state index in [0.717, 1.165) is 0 Å². The van der Waals surface area contributed by atoms with E-state index in [9.17, 15) is 0 Å². The van der Waals surface area contributed by atoms with Gasteiger partial charge in [0.25, 0.3) is 0 Å². The zero-order valence-electron chi connectivity index (χ0n) is 20.8. The Morgan fingerprint density at radius 3 is 1.68 bits per heavy atom. The van der Waals surface area contributed by atoms with Gasteiger partial charge in [-0.25, -0.2) is 0 Å². The number of rotatable bonds is 3. The molecule has 0 fully saturated rings. The molecule has 0 N–H and O–H groups in total. The van der Waals surface area contributed by atoms with Crippen LogP contribution in [0, 0.1) is 0 Å². The highest BCUT2D eigenvalue weighted by Crippen LogP contribution is 2.40. The van der Waals surface area contributed by atoms with E-state index in [1.54, 1.807) is 0 Å². The Balaban J connectivity index is 1.49. The number of hydrogen-bond donors (Lipinski definition) is 0. The lowest BCUT2D eigenvalue weighted by Crippen LogP contribution is -1.96. The Hall–Kier alpha value is -5.08. The Morgan fingerprint density at radius 1 is 0.342 bits per heavy atom. The second-order valence-electron chi connectivity index (χ2n) is 9.81. The zero-order chi connectivity index (χ0) is 25.1. The molecule has 0 spiro atoms. The lowest BCUT2D eigenvalue weighted by molar-refractivity contribution is 1.17. The first-order chi connectivity index (χ1) is 18.9. The van der Waals surface area contributed by atoms with Gasteiger partial charge in [-0.1, -0.05) is 103 Å². The summed E-state index contributed by atoms with van der Waals surface area (Å²) in [6.45, 7) is 0. The Kier molecular flexibility index (Phi) is 4.55. The first kappa shape index (κ1) is 21.0. The van der Waals surface area contributed by atoms with Crippen LogP contribution >= 0.6 is 0 Å². The van der Waals surface area contributed by atoms with Crippen molar-refractivity contribution in [2.45, 2.75) is 0 Å². The molecule has 2 aromatic heterocycles. The van der Waals surface area contributed by atoms with Gasteiger partial charge >= 0.3 is 0 Å². The molecular formula is C36H24N2. The first-order valence-corrected chi connectivity index (χ1v) is 13.0. The maximum Gasteiger partial charge on any atom is 0.0619 e. The van der Waals surface area contributed by atoms with Crippen LogP contribution in [-0.2, 0) is 0 Å². The monoisotopic (exact) mass is 484 g/mol. The van der Waals surface area contributed by atoms with Crippen molar-refractivity contribution in [3.8, 4) is 22.5 Å². The summed E-state index contributed by atoms with van der Waals surface area (Å²) in [4.78, 5) is 0. The summed E-state index contributed by atoms with van der Waals surface area (Å²) < 4.78 is 4.82. The first-order valence-electron chi connectivity index (χ1n) is 13.0. The summed E-state index contributed by atoms with van der Waals surface area (Å²) in [7, 11) is 0. The third-order valence-corrected chi connectivity index (χ3v) is 7.71. The van der Waals surface area contributed by atoms with Gasteiger partial charge in [-0.3, -0.25) is 0 Å². The number of fused-ring (bicyclic) bond motifs is 6. The van der Waals surface area contributed by atoms with Gasteiger partial charge in [0, 0.05) is 38.5 Å². The van der Waals surface area contributed by atoms with E-state index in [2.05, 4.69) is 155 Å². The average Bonchev–Trinajstić information content (AvgIpc) is 3.51. The van der Waals surface area contributed by atoms with Crippen molar-refractivity contribution in [1.82, 2.24) is 9.13 Å². The summed E-state index contributed by atoms with van der Waals surface area (Å²) in [5.41, 5.74) is 9.71. The maximum atomic E-state index is 2.45. The molecule has 0 amide bonds. The molecule has 38 heavy (non-hydrogen) atoms. The number of hydrogen-bond acceptors (Lipinski definition) is 0.